The van der Waals surface area contributed by atoms with Crippen molar-refractivity contribution in [1.29, 1.82) is 0 Å². The lowest BCUT2D eigenvalue weighted by molar-refractivity contribution is -0.118. The van der Waals surface area contributed by atoms with E-state index in [1.165, 1.54) is 7.11 Å². The van der Waals surface area contributed by atoms with Gasteiger partial charge in [-0.1, -0.05) is 18.2 Å². The molecule has 0 saturated carbocycles. The SMILES string of the molecule is COCC(C=O)OC(=O)c1ccccc1. The van der Waals surface area contributed by atoms with Crippen molar-refractivity contribution in [2.75, 3.05) is 13.7 Å². The molecule has 0 spiro atoms. The zero-order chi connectivity index (χ0) is 11.1. The number of aldehydes is 1. The Morgan fingerprint density at radius 3 is 2.60 bits per heavy atom. The molecule has 0 aliphatic carbocycles. The third-order valence-electron chi connectivity index (χ3n) is 1.75. The van der Waals surface area contributed by atoms with Gasteiger partial charge in [0.1, 0.15) is 0 Å². The summed E-state index contributed by atoms with van der Waals surface area (Å²) in [5.74, 6) is -0.523. The quantitative estimate of drug-likeness (QED) is 0.536. The highest BCUT2D eigenvalue weighted by atomic mass is 16.6. The number of hydrogen-bond acceptors (Lipinski definition) is 4. The molecular weight excluding hydrogens is 196 g/mol. The zero-order valence-corrected chi connectivity index (χ0v) is 8.38. The molecule has 80 valence electrons. The van der Waals surface area contributed by atoms with E-state index in [1.807, 2.05) is 0 Å². The van der Waals surface area contributed by atoms with Gasteiger partial charge in [0.15, 0.2) is 12.4 Å². The standard InChI is InChI=1S/C11H12O4/c1-14-8-10(7-12)15-11(13)9-5-3-2-4-6-9/h2-7,10H,8H2,1H3. The van der Waals surface area contributed by atoms with Crippen molar-refractivity contribution in [1.82, 2.24) is 0 Å². The number of esters is 1. The lowest BCUT2D eigenvalue weighted by atomic mass is 10.2. The summed E-state index contributed by atoms with van der Waals surface area (Å²) in [5, 5.41) is 0. The van der Waals surface area contributed by atoms with Crippen molar-refractivity contribution >= 4 is 12.3 Å². The minimum Gasteiger partial charge on any atom is -0.449 e. The molecule has 15 heavy (non-hydrogen) atoms. The first-order chi connectivity index (χ1) is 7.27. The summed E-state index contributed by atoms with van der Waals surface area (Å²) in [7, 11) is 1.44. The second kappa shape index (κ2) is 5.93. The molecular formula is C11H12O4. The van der Waals surface area contributed by atoms with Crippen LogP contribution in [0, 0.1) is 0 Å². The van der Waals surface area contributed by atoms with Crippen LogP contribution in [-0.2, 0) is 14.3 Å². The van der Waals surface area contributed by atoms with E-state index in [0.29, 0.717) is 11.8 Å². The Bertz CT molecular complexity index is 321. The minimum absolute atomic E-state index is 0.0715. The molecule has 1 atom stereocenters. The molecule has 4 nitrogen and oxygen atoms in total. The molecule has 0 aromatic heterocycles. The lowest BCUT2D eigenvalue weighted by Crippen LogP contribution is -2.24. The van der Waals surface area contributed by atoms with Gasteiger partial charge in [0, 0.05) is 7.11 Å². The van der Waals surface area contributed by atoms with Gasteiger partial charge in [-0.05, 0) is 12.1 Å². The first kappa shape index (κ1) is 11.4. The summed E-state index contributed by atoms with van der Waals surface area (Å²) in [4.78, 5) is 22.0. The van der Waals surface area contributed by atoms with Gasteiger partial charge in [0.05, 0.1) is 12.2 Å². The van der Waals surface area contributed by atoms with Crippen molar-refractivity contribution in [2.24, 2.45) is 0 Å². The Balaban J connectivity index is 2.58. The number of carbonyl (C=O) groups excluding carboxylic acids is 2. The molecule has 0 heterocycles. The number of hydrogen-bond donors (Lipinski definition) is 0. The Morgan fingerprint density at radius 1 is 1.40 bits per heavy atom. The van der Waals surface area contributed by atoms with Crippen LogP contribution in [0.2, 0.25) is 0 Å². The number of benzene rings is 1. The van der Waals surface area contributed by atoms with E-state index in [-0.39, 0.29) is 6.61 Å². The molecule has 1 aromatic rings. The molecule has 1 aromatic carbocycles. The van der Waals surface area contributed by atoms with Crippen molar-refractivity contribution < 1.29 is 19.1 Å². The van der Waals surface area contributed by atoms with Crippen LogP contribution >= 0.6 is 0 Å². The highest BCUT2D eigenvalue weighted by Crippen LogP contribution is 2.03. The summed E-state index contributed by atoms with van der Waals surface area (Å²) in [5.41, 5.74) is 0.417. The smallest absolute Gasteiger partial charge is 0.338 e. The van der Waals surface area contributed by atoms with Crippen LogP contribution < -0.4 is 0 Å². The van der Waals surface area contributed by atoms with Gasteiger partial charge in [-0.2, -0.15) is 0 Å². The van der Waals surface area contributed by atoms with Crippen LogP contribution in [0.5, 0.6) is 0 Å². The molecule has 0 bridgehead atoms. The largest absolute Gasteiger partial charge is 0.449 e. The summed E-state index contributed by atoms with van der Waals surface area (Å²) in [6.45, 7) is 0.0715. The average Bonchev–Trinajstić information content (AvgIpc) is 2.29. The highest BCUT2D eigenvalue weighted by Gasteiger charge is 2.14. The molecule has 0 fully saturated rings. The second-order valence-corrected chi connectivity index (χ2v) is 2.90. The third-order valence-corrected chi connectivity index (χ3v) is 1.75. The normalized spacial score (nSPS) is 11.8. The topological polar surface area (TPSA) is 52.6 Å². The molecule has 1 unspecified atom stereocenters. The summed E-state index contributed by atoms with van der Waals surface area (Å²) in [6.07, 6.45) is -0.299. The Hall–Kier alpha value is -1.68. The van der Waals surface area contributed by atoms with Gasteiger partial charge in [-0.3, -0.25) is 4.79 Å². The van der Waals surface area contributed by atoms with Crippen LogP contribution in [0.1, 0.15) is 10.4 Å². The fourth-order valence-electron chi connectivity index (χ4n) is 1.05. The number of rotatable bonds is 5. The predicted molar refractivity (Wildman–Crippen MR) is 53.6 cm³/mol. The molecule has 1 rings (SSSR count). The Kier molecular flexibility index (Phi) is 4.50. The number of methoxy groups -OCH3 is 1. The molecule has 0 N–H and O–H groups in total. The third kappa shape index (κ3) is 3.52. The van der Waals surface area contributed by atoms with Crippen LogP contribution in [0.15, 0.2) is 30.3 Å². The molecule has 4 heteroatoms. The molecule has 0 aliphatic heterocycles. The van der Waals surface area contributed by atoms with Gasteiger partial charge in [-0.25, -0.2) is 4.79 Å². The minimum atomic E-state index is -0.845. The Labute approximate surface area is 87.8 Å². The van der Waals surface area contributed by atoms with Gasteiger partial charge in [-0.15, -0.1) is 0 Å². The fourth-order valence-corrected chi connectivity index (χ4v) is 1.05. The molecule has 0 radical (unpaired) electrons. The fraction of sp³-hybridized carbons (Fsp3) is 0.273. The van der Waals surface area contributed by atoms with E-state index < -0.39 is 12.1 Å². The monoisotopic (exact) mass is 208 g/mol. The van der Waals surface area contributed by atoms with Crippen molar-refractivity contribution in [2.45, 2.75) is 6.10 Å². The first-order valence-electron chi connectivity index (χ1n) is 4.48. The van der Waals surface area contributed by atoms with E-state index in [1.54, 1.807) is 30.3 Å². The van der Waals surface area contributed by atoms with E-state index in [0.717, 1.165) is 0 Å². The first-order valence-corrected chi connectivity index (χ1v) is 4.48. The van der Waals surface area contributed by atoms with Crippen LogP contribution in [-0.4, -0.2) is 32.1 Å². The summed E-state index contributed by atoms with van der Waals surface area (Å²) >= 11 is 0. The molecule has 0 saturated heterocycles. The zero-order valence-electron chi connectivity index (χ0n) is 8.38. The van der Waals surface area contributed by atoms with Gasteiger partial charge >= 0.3 is 5.97 Å². The molecule has 0 amide bonds. The summed E-state index contributed by atoms with van der Waals surface area (Å²) < 4.78 is 9.62. The van der Waals surface area contributed by atoms with Crippen LogP contribution in [0.4, 0.5) is 0 Å². The van der Waals surface area contributed by atoms with Gasteiger partial charge in [0.25, 0.3) is 0 Å². The highest BCUT2D eigenvalue weighted by molar-refractivity contribution is 5.90. The summed E-state index contributed by atoms with van der Waals surface area (Å²) in [6, 6.07) is 8.49. The number of ether oxygens (including phenoxy) is 2. The van der Waals surface area contributed by atoms with E-state index in [2.05, 4.69) is 0 Å². The van der Waals surface area contributed by atoms with Crippen LogP contribution in [0.3, 0.4) is 0 Å². The maximum Gasteiger partial charge on any atom is 0.338 e. The van der Waals surface area contributed by atoms with Crippen molar-refractivity contribution in [3.05, 3.63) is 35.9 Å². The van der Waals surface area contributed by atoms with Crippen molar-refractivity contribution in [3.8, 4) is 0 Å². The van der Waals surface area contributed by atoms with Crippen LogP contribution in [0.25, 0.3) is 0 Å². The number of carbonyl (C=O) groups is 2. The molecule has 0 aliphatic rings. The maximum absolute atomic E-state index is 11.5. The van der Waals surface area contributed by atoms with E-state index in [9.17, 15) is 9.59 Å². The van der Waals surface area contributed by atoms with Gasteiger partial charge < -0.3 is 9.47 Å². The van der Waals surface area contributed by atoms with Crippen molar-refractivity contribution in [3.63, 3.8) is 0 Å². The van der Waals surface area contributed by atoms with E-state index in [4.69, 9.17) is 9.47 Å². The predicted octanol–water partition coefficient (Wildman–Crippen LogP) is 1.06. The van der Waals surface area contributed by atoms with E-state index >= 15 is 0 Å². The average molecular weight is 208 g/mol. The van der Waals surface area contributed by atoms with Gasteiger partial charge in [0.2, 0.25) is 0 Å². The second-order valence-electron chi connectivity index (χ2n) is 2.90. The lowest BCUT2D eigenvalue weighted by Gasteiger charge is -2.10. The Morgan fingerprint density at radius 2 is 2.07 bits per heavy atom. The maximum atomic E-state index is 11.5.